The van der Waals surface area contributed by atoms with Crippen molar-refractivity contribution in [2.24, 2.45) is 0 Å². The molecule has 0 aromatic heterocycles. The summed E-state index contributed by atoms with van der Waals surface area (Å²) in [7, 11) is 1.72. The van der Waals surface area contributed by atoms with Crippen LogP contribution in [0.5, 0.6) is 0 Å². The van der Waals surface area contributed by atoms with E-state index in [4.69, 9.17) is 4.57 Å². The van der Waals surface area contributed by atoms with E-state index in [2.05, 4.69) is 0 Å². The molecule has 5 heteroatoms. The third-order valence-electron chi connectivity index (χ3n) is 0. The molecule has 0 fully saturated rings. The Kier molecular flexibility index (Phi) is 1490. The van der Waals surface area contributed by atoms with Crippen LogP contribution in [0.15, 0.2) is 0 Å². The molecule has 0 atom stereocenters. The van der Waals surface area contributed by atoms with Crippen molar-refractivity contribution in [3.8, 4) is 0 Å². The minimum Gasteiger partial charge on any atom is -1.00 e. The fourth-order valence-corrected chi connectivity index (χ4v) is 0. The quantitative estimate of drug-likeness (QED) is 0.304. The molecule has 0 rings (SSSR count). The Labute approximate surface area is 43.9 Å². The Morgan fingerprint density at radius 3 is 1.00 bits per heavy atom. The summed E-state index contributed by atoms with van der Waals surface area (Å²) in [5.74, 6) is 0. The highest BCUT2D eigenvalue weighted by Crippen LogP contribution is 1.23. The first-order valence-electron chi connectivity index (χ1n) is 0.204. The van der Waals surface area contributed by atoms with Gasteiger partial charge in [0.1, 0.15) is 9.12 Å². The van der Waals surface area contributed by atoms with Crippen LogP contribution >= 0.6 is 9.12 Å². The number of rotatable bonds is 0. The molecule has 36 valence electrons. The lowest BCUT2D eigenvalue weighted by atomic mass is 16.0. The second kappa shape index (κ2) is 161. The van der Waals surface area contributed by atoms with Gasteiger partial charge in [0.25, 0.3) is 0 Å². The van der Waals surface area contributed by atoms with E-state index < -0.39 is 0 Å². The molecule has 0 aliphatic carbocycles. The van der Waals surface area contributed by atoms with Gasteiger partial charge in [-0.1, -0.05) is 0 Å². The van der Waals surface area contributed by atoms with Gasteiger partial charge in [-0.2, -0.15) is 0 Å². The second-order valence-electron chi connectivity index (χ2n) is 0. The molecule has 0 aromatic rings. The second-order valence-corrected chi connectivity index (χ2v) is 0. The van der Waals surface area contributed by atoms with Gasteiger partial charge in [0.05, 0.1) is 0 Å². The van der Waals surface area contributed by atoms with Crippen LogP contribution in [0.3, 0.4) is 0 Å². The largest absolute Gasteiger partial charge is 1.00 e. The van der Waals surface area contributed by atoms with E-state index >= 15 is 0 Å². The van der Waals surface area contributed by atoms with Crippen molar-refractivity contribution in [3.05, 3.63) is 0 Å². The van der Waals surface area contributed by atoms with Crippen LogP contribution in [0.1, 0.15) is 0 Å². The minimum atomic E-state index is 0. The molecule has 0 aliphatic rings. The van der Waals surface area contributed by atoms with E-state index in [9.17, 15) is 0 Å². The lowest BCUT2D eigenvalue weighted by Crippen LogP contribution is -3.00. The SMILES string of the molecule is O=P.[Cl-].[Cl-].[F-]. The summed E-state index contributed by atoms with van der Waals surface area (Å²) >= 11 is 0. The fourth-order valence-electron chi connectivity index (χ4n) is 0. The lowest BCUT2D eigenvalue weighted by molar-refractivity contribution is -0.00100. The van der Waals surface area contributed by atoms with Gasteiger partial charge in [0, 0.05) is 0 Å². The highest BCUT2D eigenvalue weighted by molar-refractivity contribution is 7.00. The van der Waals surface area contributed by atoms with Gasteiger partial charge in [-0.05, 0) is 0 Å². The van der Waals surface area contributed by atoms with E-state index in [0.717, 1.165) is 0 Å². The molecule has 0 radical (unpaired) electrons. The summed E-state index contributed by atoms with van der Waals surface area (Å²) < 4.78 is 8.06. The normalized spacial score (nSPS) is 0.800. The Morgan fingerprint density at radius 2 is 1.00 bits per heavy atom. The van der Waals surface area contributed by atoms with Crippen LogP contribution in [0.25, 0.3) is 0 Å². The summed E-state index contributed by atoms with van der Waals surface area (Å²) in [6, 6.07) is 0. The molecule has 0 bridgehead atoms. The van der Waals surface area contributed by atoms with Gasteiger partial charge >= 0.3 is 0 Å². The molecule has 0 N–H and O–H groups in total. The molecule has 0 spiro atoms. The average Bonchev–Trinajstić information content (AvgIpc) is 1.00. The molecule has 0 aromatic carbocycles. The molecular weight excluding hydrogens is 137 g/mol. The van der Waals surface area contributed by atoms with Crippen molar-refractivity contribution in [2.45, 2.75) is 0 Å². The Morgan fingerprint density at radius 1 is 1.00 bits per heavy atom. The van der Waals surface area contributed by atoms with Crippen LogP contribution in [0.2, 0.25) is 0 Å². The van der Waals surface area contributed by atoms with E-state index in [0.29, 0.717) is 0 Å². The van der Waals surface area contributed by atoms with Crippen LogP contribution in [0.4, 0.5) is 0 Å². The maximum Gasteiger partial charge on any atom is 0.138 e. The van der Waals surface area contributed by atoms with E-state index in [1.165, 1.54) is 0 Å². The first kappa shape index (κ1) is 46.0. The molecule has 0 aliphatic heterocycles. The summed E-state index contributed by atoms with van der Waals surface area (Å²) in [4.78, 5) is 0. The summed E-state index contributed by atoms with van der Waals surface area (Å²) in [5.41, 5.74) is 0. The van der Waals surface area contributed by atoms with Gasteiger partial charge < -0.3 is 29.5 Å². The van der Waals surface area contributed by atoms with Crippen molar-refractivity contribution < 1.29 is 34.1 Å². The third-order valence-corrected chi connectivity index (χ3v) is 0. The Bertz CT molecular complexity index is 9.61. The van der Waals surface area contributed by atoms with Crippen LogP contribution in [0, 0.1) is 0 Å². The summed E-state index contributed by atoms with van der Waals surface area (Å²) in [5, 5.41) is 0. The molecule has 0 heterocycles. The molecule has 0 unspecified atom stereocenters. The first-order valence-corrected chi connectivity index (χ1v) is 0.612. The molecular formula is HCl2FOP-3. The zero-order valence-electron chi connectivity index (χ0n) is 2.04. The highest BCUT2D eigenvalue weighted by atomic mass is 35.5. The van der Waals surface area contributed by atoms with E-state index in [1.807, 2.05) is 0 Å². The predicted octanol–water partition coefficient (Wildman–Crippen LogP) is -8.51. The van der Waals surface area contributed by atoms with Crippen molar-refractivity contribution in [3.63, 3.8) is 0 Å². The van der Waals surface area contributed by atoms with E-state index in [-0.39, 0.29) is 29.5 Å². The van der Waals surface area contributed by atoms with Crippen molar-refractivity contribution in [1.29, 1.82) is 0 Å². The van der Waals surface area contributed by atoms with Gasteiger partial charge in [-0.15, -0.1) is 0 Å². The van der Waals surface area contributed by atoms with Crippen molar-refractivity contribution in [1.82, 2.24) is 0 Å². The summed E-state index contributed by atoms with van der Waals surface area (Å²) in [6.45, 7) is 0. The fraction of sp³-hybridized carbons (Fsp3) is 0. The molecule has 0 saturated carbocycles. The zero-order valence-corrected chi connectivity index (χ0v) is 4.55. The monoisotopic (exact) mass is 137 g/mol. The predicted molar refractivity (Wildman–Crippen MR) is 9.00 cm³/mol. The standard InChI is InChI=1S/2ClH.FH.HOP/c;;;1-2/h3*1H;2H/p-3. The first-order chi connectivity index (χ1) is 1.00. The topological polar surface area (TPSA) is 17.1 Å². The van der Waals surface area contributed by atoms with Gasteiger partial charge in [-0.25, -0.2) is 0 Å². The van der Waals surface area contributed by atoms with Crippen LogP contribution < -0.4 is 29.5 Å². The smallest absolute Gasteiger partial charge is 0.138 e. The number of hydrogen-bond donors (Lipinski definition) is 0. The Balaban J connectivity index is -0.00000000167. The van der Waals surface area contributed by atoms with Gasteiger partial charge in [0.15, 0.2) is 0 Å². The summed E-state index contributed by atoms with van der Waals surface area (Å²) in [6.07, 6.45) is 0. The zero-order chi connectivity index (χ0) is 2.00. The van der Waals surface area contributed by atoms with Crippen LogP contribution in [-0.4, -0.2) is 0 Å². The maximum atomic E-state index is 8.06. The minimum absolute atomic E-state index is 0. The van der Waals surface area contributed by atoms with Crippen molar-refractivity contribution in [2.75, 3.05) is 0 Å². The highest BCUT2D eigenvalue weighted by Gasteiger charge is 0.667. The Hall–Kier alpha value is 0.610. The average molecular weight is 138 g/mol. The third kappa shape index (κ3) is 84.4. The molecule has 0 saturated heterocycles. The number of halogens is 3. The lowest BCUT2D eigenvalue weighted by Gasteiger charge is -1.00. The van der Waals surface area contributed by atoms with E-state index in [1.54, 1.807) is 9.12 Å². The maximum absolute atomic E-state index is 8.06. The molecule has 0 amide bonds. The van der Waals surface area contributed by atoms with Gasteiger partial charge in [-0.3, -0.25) is 4.57 Å². The van der Waals surface area contributed by atoms with Crippen molar-refractivity contribution >= 4 is 9.12 Å². The van der Waals surface area contributed by atoms with Crippen LogP contribution in [-0.2, 0) is 4.57 Å². The van der Waals surface area contributed by atoms with Gasteiger partial charge in [0.2, 0.25) is 0 Å². The molecule has 5 heavy (non-hydrogen) atoms. The molecule has 1 nitrogen and oxygen atoms in total. The number of hydrogen-bond acceptors (Lipinski definition) is 1.